The molecule has 136 valence electrons. The third-order valence-electron chi connectivity index (χ3n) is 4.03. The van der Waals surface area contributed by atoms with Crippen molar-refractivity contribution in [3.63, 3.8) is 0 Å². The Labute approximate surface area is 160 Å². The fraction of sp³-hybridized carbons (Fsp3) is 0.150. The monoisotopic (exact) mass is 381 g/mol. The maximum absolute atomic E-state index is 12.2. The van der Waals surface area contributed by atoms with Gasteiger partial charge in [-0.1, -0.05) is 11.6 Å². The predicted molar refractivity (Wildman–Crippen MR) is 103 cm³/mol. The summed E-state index contributed by atoms with van der Waals surface area (Å²) in [6, 6.07) is 12.7. The Morgan fingerprint density at radius 2 is 1.96 bits per heavy atom. The molecule has 6 nitrogen and oxygen atoms in total. The zero-order chi connectivity index (χ0) is 18.8. The molecule has 27 heavy (non-hydrogen) atoms. The number of anilines is 1. The molecule has 7 heteroatoms. The fourth-order valence-electron chi connectivity index (χ4n) is 2.74. The molecule has 0 unspecified atom stereocenters. The first kappa shape index (κ1) is 17.3. The summed E-state index contributed by atoms with van der Waals surface area (Å²) in [5.41, 5.74) is 2.97. The standard InChI is InChI=1S/C20H16ClN3O3/c1-12-23-16-10-15(6-7-17(16)26-12)24-19(25)8-9-20-22-11-18(27-20)13-2-4-14(21)5-3-13/h2-7,10-11H,8-9H2,1H3,(H,24,25). The molecule has 0 aliphatic heterocycles. The summed E-state index contributed by atoms with van der Waals surface area (Å²) in [5, 5.41) is 3.51. The molecule has 0 aliphatic carbocycles. The van der Waals surface area contributed by atoms with Crippen molar-refractivity contribution in [3.8, 4) is 11.3 Å². The molecule has 0 atom stereocenters. The highest BCUT2D eigenvalue weighted by atomic mass is 35.5. The maximum Gasteiger partial charge on any atom is 0.224 e. The van der Waals surface area contributed by atoms with E-state index in [-0.39, 0.29) is 12.3 Å². The molecule has 0 radical (unpaired) electrons. The first-order chi connectivity index (χ1) is 13.1. The highest BCUT2D eigenvalue weighted by Crippen LogP contribution is 2.23. The minimum Gasteiger partial charge on any atom is -0.441 e. The van der Waals surface area contributed by atoms with Gasteiger partial charge in [-0.25, -0.2) is 9.97 Å². The lowest BCUT2D eigenvalue weighted by Gasteiger charge is -2.03. The van der Waals surface area contributed by atoms with Crippen molar-refractivity contribution < 1.29 is 13.6 Å². The van der Waals surface area contributed by atoms with Crippen molar-refractivity contribution in [1.29, 1.82) is 0 Å². The second-order valence-corrected chi connectivity index (χ2v) is 6.53. The van der Waals surface area contributed by atoms with Gasteiger partial charge in [0, 0.05) is 36.0 Å². The van der Waals surface area contributed by atoms with Gasteiger partial charge in [0.15, 0.2) is 23.1 Å². The average molecular weight is 382 g/mol. The van der Waals surface area contributed by atoms with Crippen LogP contribution in [-0.4, -0.2) is 15.9 Å². The van der Waals surface area contributed by atoms with E-state index in [1.54, 1.807) is 43.5 Å². The Morgan fingerprint density at radius 3 is 2.78 bits per heavy atom. The number of carbonyl (C=O) groups excluding carboxylic acids is 1. The number of aryl methyl sites for hydroxylation is 2. The Kier molecular flexibility index (Phi) is 4.64. The summed E-state index contributed by atoms with van der Waals surface area (Å²) in [6.07, 6.45) is 2.32. The fourth-order valence-corrected chi connectivity index (χ4v) is 2.86. The van der Waals surface area contributed by atoms with Crippen molar-refractivity contribution in [2.24, 2.45) is 0 Å². The van der Waals surface area contributed by atoms with Gasteiger partial charge in [0.1, 0.15) is 5.52 Å². The maximum atomic E-state index is 12.2. The zero-order valence-corrected chi connectivity index (χ0v) is 15.3. The highest BCUT2D eigenvalue weighted by molar-refractivity contribution is 6.30. The normalized spacial score (nSPS) is 11.0. The lowest BCUT2D eigenvalue weighted by Crippen LogP contribution is -2.12. The van der Waals surface area contributed by atoms with Crippen molar-refractivity contribution in [2.75, 3.05) is 5.32 Å². The number of rotatable bonds is 5. The van der Waals surface area contributed by atoms with Gasteiger partial charge in [0.25, 0.3) is 0 Å². The van der Waals surface area contributed by atoms with Crippen LogP contribution in [0.2, 0.25) is 5.02 Å². The summed E-state index contributed by atoms with van der Waals surface area (Å²) >= 11 is 5.89. The van der Waals surface area contributed by atoms with Crippen molar-refractivity contribution in [2.45, 2.75) is 19.8 Å². The van der Waals surface area contributed by atoms with E-state index in [2.05, 4.69) is 15.3 Å². The molecule has 0 aliphatic rings. The summed E-state index contributed by atoms with van der Waals surface area (Å²) in [4.78, 5) is 20.7. The molecule has 0 saturated heterocycles. The summed E-state index contributed by atoms with van der Waals surface area (Å²) in [6.45, 7) is 1.78. The predicted octanol–water partition coefficient (Wildman–Crippen LogP) is 5.02. The Bertz CT molecular complexity index is 1100. The van der Waals surface area contributed by atoms with Crippen LogP contribution < -0.4 is 5.32 Å². The van der Waals surface area contributed by atoms with Crippen LogP contribution >= 0.6 is 11.6 Å². The first-order valence-corrected chi connectivity index (χ1v) is 8.82. The SMILES string of the molecule is Cc1nc2cc(NC(=O)CCc3ncc(-c4ccc(Cl)cc4)o3)ccc2o1. The number of oxazole rings is 2. The molecule has 0 bridgehead atoms. The van der Waals surface area contributed by atoms with Gasteiger partial charge in [0.2, 0.25) is 5.91 Å². The number of hydrogen-bond acceptors (Lipinski definition) is 5. The zero-order valence-electron chi connectivity index (χ0n) is 14.5. The van der Waals surface area contributed by atoms with Crippen LogP contribution in [0.1, 0.15) is 18.2 Å². The largest absolute Gasteiger partial charge is 0.441 e. The minimum atomic E-state index is -0.124. The van der Waals surface area contributed by atoms with Gasteiger partial charge in [-0.15, -0.1) is 0 Å². The molecule has 4 rings (SSSR count). The van der Waals surface area contributed by atoms with Gasteiger partial charge in [0.05, 0.1) is 6.20 Å². The summed E-state index contributed by atoms with van der Waals surface area (Å²) in [7, 11) is 0. The first-order valence-electron chi connectivity index (χ1n) is 8.44. The lowest BCUT2D eigenvalue weighted by atomic mass is 10.2. The van der Waals surface area contributed by atoms with Crippen LogP contribution in [0.15, 0.2) is 57.5 Å². The van der Waals surface area contributed by atoms with Gasteiger partial charge in [-0.05, 0) is 42.5 Å². The highest BCUT2D eigenvalue weighted by Gasteiger charge is 2.10. The molecule has 4 aromatic rings. The molecule has 1 amide bonds. The summed E-state index contributed by atoms with van der Waals surface area (Å²) < 4.78 is 11.1. The van der Waals surface area contributed by atoms with Crippen molar-refractivity contribution in [1.82, 2.24) is 9.97 Å². The Balaban J connectivity index is 1.36. The lowest BCUT2D eigenvalue weighted by molar-refractivity contribution is -0.116. The van der Waals surface area contributed by atoms with E-state index in [4.69, 9.17) is 20.4 Å². The van der Waals surface area contributed by atoms with Gasteiger partial charge >= 0.3 is 0 Å². The Morgan fingerprint density at radius 1 is 1.15 bits per heavy atom. The molecule has 0 saturated carbocycles. The van der Waals surface area contributed by atoms with E-state index in [9.17, 15) is 4.79 Å². The molecule has 0 fully saturated rings. The summed E-state index contributed by atoms with van der Waals surface area (Å²) in [5.74, 6) is 1.63. The average Bonchev–Trinajstić information content (AvgIpc) is 3.26. The van der Waals surface area contributed by atoms with Crippen molar-refractivity contribution >= 4 is 34.3 Å². The van der Waals surface area contributed by atoms with Crippen LogP contribution in [0, 0.1) is 6.92 Å². The number of carbonyl (C=O) groups is 1. The number of nitrogens with zero attached hydrogens (tertiary/aromatic N) is 2. The number of fused-ring (bicyclic) bond motifs is 1. The molecule has 1 N–H and O–H groups in total. The third-order valence-corrected chi connectivity index (χ3v) is 4.28. The van der Waals surface area contributed by atoms with Crippen molar-refractivity contribution in [3.05, 3.63) is 65.5 Å². The van der Waals surface area contributed by atoms with Crippen LogP contribution in [0.4, 0.5) is 5.69 Å². The van der Waals surface area contributed by atoms with E-state index in [0.29, 0.717) is 45.8 Å². The third kappa shape index (κ3) is 4.01. The molecule has 2 heterocycles. The Hall–Kier alpha value is -3.12. The van der Waals surface area contributed by atoms with E-state index < -0.39 is 0 Å². The van der Waals surface area contributed by atoms with E-state index >= 15 is 0 Å². The topological polar surface area (TPSA) is 81.2 Å². The second kappa shape index (κ2) is 7.25. The molecular formula is C20H16ClN3O3. The number of hydrogen-bond donors (Lipinski definition) is 1. The number of aromatic nitrogens is 2. The van der Waals surface area contributed by atoms with E-state index in [0.717, 1.165) is 5.56 Å². The van der Waals surface area contributed by atoms with Gasteiger partial charge < -0.3 is 14.2 Å². The smallest absolute Gasteiger partial charge is 0.224 e. The van der Waals surface area contributed by atoms with Gasteiger partial charge in [-0.2, -0.15) is 0 Å². The minimum absolute atomic E-state index is 0.124. The van der Waals surface area contributed by atoms with Crippen LogP contribution in [0.3, 0.4) is 0 Å². The molecule has 2 aromatic heterocycles. The molecule has 2 aromatic carbocycles. The molecule has 0 spiro atoms. The van der Waals surface area contributed by atoms with Crippen LogP contribution in [0.25, 0.3) is 22.4 Å². The molecular weight excluding hydrogens is 366 g/mol. The van der Waals surface area contributed by atoms with Crippen LogP contribution in [0.5, 0.6) is 0 Å². The number of nitrogens with one attached hydrogen (secondary N) is 1. The quantitative estimate of drug-likeness (QED) is 0.525. The van der Waals surface area contributed by atoms with Gasteiger partial charge in [-0.3, -0.25) is 4.79 Å². The second-order valence-electron chi connectivity index (χ2n) is 6.09. The van der Waals surface area contributed by atoms with E-state index in [1.165, 1.54) is 0 Å². The number of halogens is 1. The van der Waals surface area contributed by atoms with E-state index in [1.807, 2.05) is 12.1 Å². The van der Waals surface area contributed by atoms with Crippen LogP contribution in [-0.2, 0) is 11.2 Å². The number of benzene rings is 2. The number of amides is 1.